The smallest absolute Gasteiger partial charge is 0.338 e. The maximum Gasteiger partial charge on any atom is 0.338 e. The molecule has 0 saturated carbocycles. The fraction of sp³-hybridized carbons (Fsp3) is 0.444. The Kier molecular flexibility index (Phi) is 10.4. The van der Waals surface area contributed by atoms with Crippen LogP contribution in [0.1, 0.15) is 55.6 Å². The molecule has 0 radical (unpaired) electrons. The van der Waals surface area contributed by atoms with E-state index in [-0.39, 0.29) is 25.9 Å². The van der Waals surface area contributed by atoms with Crippen LogP contribution in [0, 0.1) is 20.8 Å². The lowest BCUT2D eigenvalue weighted by Gasteiger charge is -2.21. The Bertz CT molecular complexity index is 1220. The minimum absolute atomic E-state index is 0.0149. The quantitative estimate of drug-likeness (QED) is 0.167. The third kappa shape index (κ3) is 6.84. The van der Waals surface area contributed by atoms with Crippen molar-refractivity contribution in [3.8, 4) is 11.1 Å². The number of aromatic nitrogens is 1. The molecular weight excluding hydrogens is 496 g/mol. The lowest BCUT2D eigenvalue weighted by atomic mass is 9.97. The molecule has 0 aliphatic heterocycles. The van der Waals surface area contributed by atoms with E-state index in [1.165, 1.54) is 16.2 Å². The monoisotopic (exact) mass is 530 g/mol. The summed E-state index contributed by atoms with van der Waals surface area (Å²) in [7, 11) is 1.59. The van der Waals surface area contributed by atoms with Gasteiger partial charge in [0, 0.05) is 29.7 Å². The summed E-state index contributed by atoms with van der Waals surface area (Å²) in [4.78, 5) is 29.3. The zero-order chi connectivity index (χ0) is 26.9. The zero-order valence-corrected chi connectivity index (χ0v) is 23.0. The number of aryl methyl sites for hydroxylation is 2. The average molecular weight is 531 g/mol. The molecule has 37 heavy (non-hydrogen) atoms. The number of anilines is 1. The van der Waals surface area contributed by atoms with E-state index in [2.05, 4.69) is 5.16 Å². The van der Waals surface area contributed by atoms with Gasteiger partial charge in [-0.05, 0) is 63.9 Å². The summed E-state index contributed by atoms with van der Waals surface area (Å²) < 4.78 is 27.0. The number of rotatable bonds is 13. The second-order valence-electron chi connectivity index (χ2n) is 8.28. The molecule has 3 rings (SSSR count). The van der Waals surface area contributed by atoms with Gasteiger partial charge in [-0.1, -0.05) is 11.2 Å². The number of carbonyl (C=O) groups is 2. The van der Waals surface area contributed by atoms with Crippen molar-refractivity contribution in [3.05, 3.63) is 56.5 Å². The molecule has 0 atom stereocenters. The number of hydrogen-bond donors (Lipinski definition) is 0. The molecule has 10 heteroatoms. The highest BCUT2D eigenvalue weighted by molar-refractivity contribution is 7.14. The number of methoxy groups -OCH3 is 1. The fourth-order valence-corrected chi connectivity index (χ4v) is 4.67. The molecule has 0 aliphatic carbocycles. The van der Waals surface area contributed by atoms with E-state index in [0.29, 0.717) is 41.8 Å². The molecule has 3 aromatic rings. The summed E-state index contributed by atoms with van der Waals surface area (Å²) in [5, 5.41) is 4.13. The van der Waals surface area contributed by atoms with Crippen LogP contribution in [0.2, 0.25) is 0 Å². The van der Waals surface area contributed by atoms with Crippen LogP contribution in [-0.2, 0) is 25.6 Å². The van der Waals surface area contributed by atoms with Gasteiger partial charge in [-0.2, -0.15) is 0 Å². The van der Waals surface area contributed by atoms with E-state index in [1.807, 2.05) is 32.9 Å². The first kappa shape index (κ1) is 28.5. The van der Waals surface area contributed by atoms with E-state index in [1.54, 1.807) is 33.1 Å². The molecule has 0 N–H and O–H groups in total. The molecule has 1 aromatic carbocycles. The molecule has 9 nitrogen and oxygen atoms in total. The van der Waals surface area contributed by atoms with Gasteiger partial charge in [0.2, 0.25) is 0 Å². The molecule has 200 valence electrons. The van der Waals surface area contributed by atoms with E-state index >= 15 is 0 Å². The molecular formula is C27H34N2O7S. The lowest BCUT2D eigenvalue weighted by molar-refractivity contribution is 0.0525. The Hall–Kier alpha value is -3.05. The minimum atomic E-state index is -0.402. The summed E-state index contributed by atoms with van der Waals surface area (Å²) in [5.74, 6) is 0.365. The second kappa shape index (κ2) is 13.5. The number of nitrogens with zero attached hydrogens (tertiary/aromatic N) is 2. The Balaban J connectivity index is 2.05. The van der Waals surface area contributed by atoms with Gasteiger partial charge in [-0.15, -0.1) is 11.3 Å². The number of benzene rings is 1. The highest BCUT2D eigenvalue weighted by Gasteiger charge is 2.28. The van der Waals surface area contributed by atoms with E-state index < -0.39 is 5.97 Å². The van der Waals surface area contributed by atoms with Crippen LogP contribution in [0.5, 0.6) is 0 Å². The van der Waals surface area contributed by atoms with Crippen LogP contribution < -0.4 is 4.90 Å². The standard InChI is InChI=1S/C27H34N2O7S/c1-7-33-15-21-14-20(27(31)35-8-2)9-10-22(21)23-13-17(3)37-24(23)26(30)29(16-34-12-11-32-6)25-18(4)19(5)36-28-25/h9-10,13-14H,7-8,11-12,15-16H2,1-6H3. The molecule has 0 bridgehead atoms. The predicted molar refractivity (Wildman–Crippen MR) is 141 cm³/mol. The summed E-state index contributed by atoms with van der Waals surface area (Å²) in [6.45, 7) is 11.1. The van der Waals surface area contributed by atoms with Crippen molar-refractivity contribution in [1.82, 2.24) is 5.16 Å². The fourth-order valence-electron chi connectivity index (χ4n) is 3.70. The number of amides is 1. The maximum atomic E-state index is 14.0. The minimum Gasteiger partial charge on any atom is -0.462 e. The van der Waals surface area contributed by atoms with Crippen molar-refractivity contribution < 1.29 is 33.1 Å². The third-order valence-corrected chi connectivity index (χ3v) is 6.74. The van der Waals surface area contributed by atoms with Gasteiger partial charge in [0.15, 0.2) is 5.82 Å². The highest BCUT2D eigenvalue weighted by atomic mass is 32.1. The van der Waals surface area contributed by atoms with Crippen molar-refractivity contribution in [2.24, 2.45) is 0 Å². The SMILES string of the molecule is CCOCc1cc(C(=O)OCC)ccc1-c1cc(C)sc1C(=O)N(COCCOC)c1noc(C)c1C. The molecule has 0 unspecified atom stereocenters. The molecule has 0 aliphatic rings. The van der Waals surface area contributed by atoms with Crippen LogP contribution in [0.15, 0.2) is 28.8 Å². The van der Waals surface area contributed by atoms with Crippen molar-refractivity contribution >= 4 is 29.0 Å². The number of thiophene rings is 1. The first-order chi connectivity index (χ1) is 17.8. The Morgan fingerprint density at radius 1 is 1.03 bits per heavy atom. The Labute approximate surface area is 221 Å². The van der Waals surface area contributed by atoms with Crippen LogP contribution in [0.4, 0.5) is 5.82 Å². The Morgan fingerprint density at radius 2 is 1.81 bits per heavy atom. The van der Waals surface area contributed by atoms with Crippen LogP contribution >= 0.6 is 11.3 Å². The van der Waals surface area contributed by atoms with Crippen LogP contribution in [0.25, 0.3) is 11.1 Å². The number of esters is 1. The van der Waals surface area contributed by atoms with Crippen molar-refractivity contribution in [3.63, 3.8) is 0 Å². The van der Waals surface area contributed by atoms with Gasteiger partial charge in [0.1, 0.15) is 17.4 Å². The van der Waals surface area contributed by atoms with E-state index in [0.717, 1.165) is 27.1 Å². The molecule has 1 amide bonds. The van der Waals surface area contributed by atoms with Crippen molar-refractivity contribution in [2.45, 2.75) is 41.2 Å². The molecule has 0 saturated heterocycles. The van der Waals surface area contributed by atoms with Gasteiger partial charge in [0.25, 0.3) is 5.91 Å². The first-order valence-electron chi connectivity index (χ1n) is 12.1. The largest absolute Gasteiger partial charge is 0.462 e. The number of ether oxygens (including phenoxy) is 4. The van der Waals surface area contributed by atoms with Gasteiger partial charge in [0.05, 0.1) is 32.0 Å². The van der Waals surface area contributed by atoms with Gasteiger partial charge < -0.3 is 23.5 Å². The summed E-state index contributed by atoms with van der Waals surface area (Å²) >= 11 is 1.39. The molecule has 2 aromatic heterocycles. The van der Waals surface area contributed by atoms with Gasteiger partial charge in [-0.25, -0.2) is 4.79 Å². The van der Waals surface area contributed by atoms with Crippen LogP contribution in [0.3, 0.4) is 0 Å². The summed E-state index contributed by atoms with van der Waals surface area (Å²) in [5.41, 5.74) is 3.53. The van der Waals surface area contributed by atoms with Crippen molar-refractivity contribution in [1.29, 1.82) is 0 Å². The normalized spacial score (nSPS) is 11.1. The number of carbonyl (C=O) groups excluding carboxylic acids is 2. The molecule has 0 spiro atoms. The van der Waals surface area contributed by atoms with Gasteiger partial charge >= 0.3 is 5.97 Å². The summed E-state index contributed by atoms with van der Waals surface area (Å²) in [6.07, 6.45) is 0. The van der Waals surface area contributed by atoms with Crippen LogP contribution in [-0.4, -0.2) is 57.3 Å². The first-order valence-corrected chi connectivity index (χ1v) is 12.9. The molecule has 2 heterocycles. The highest BCUT2D eigenvalue weighted by Crippen LogP contribution is 2.36. The van der Waals surface area contributed by atoms with Gasteiger partial charge in [-0.3, -0.25) is 9.69 Å². The van der Waals surface area contributed by atoms with E-state index in [9.17, 15) is 9.59 Å². The van der Waals surface area contributed by atoms with Crippen molar-refractivity contribution in [2.75, 3.05) is 45.2 Å². The lowest BCUT2D eigenvalue weighted by Crippen LogP contribution is -2.34. The predicted octanol–water partition coefficient (Wildman–Crippen LogP) is 5.31. The average Bonchev–Trinajstić information content (AvgIpc) is 3.44. The topological polar surface area (TPSA) is 100 Å². The maximum absolute atomic E-state index is 14.0. The van der Waals surface area contributed by atoms with E-state index in [4.69, 9.17) is 23.5 Å². The molecule has 0 fully saturated rings. The third-order valence-electron chi connectivity index (χ3n) is 5.70. The number of hydrogen-bond acceptors (Lipinski definition) is 9. The Morgan fingerprint density at radius 3 is 2.46 bits per heavy atom. The summed E-state index contributed by atoms with van der Waals surface area (Å²) in [6, 6.07) is 7.28. The zero-order valence-electron chi connectivity index (χ0n) is 22.2. The second-order valence-corrected chi connectivity index (χ2v) is 9.54.